The van der Waals surface area contributed by atoms with Gasteiger partial charge in [-0.3, -0.25) is 4.98 Å². The zero-order chi connectivity index (χ0) is 9.26. The summed E-state index contributed by atoms with van der Waals surface area (Å²) in [5.41, 5.74) is 0.889. The minimum atomic E-state index is -0.705. The molecule has 2 rings (SSSR count). The fourth-order valence-corrected chi connectivity index (χ4v) is 1.47. The smallest absolute Gasteiger partial charge is 0.147 e. The molecule has 1 unspecified atom stereocenters. The zero-order valence-corrected chi connectivity index (χ0v) is 7.57. The lowest BCUT2D eigenvalue weighted by Crippen LogP contribution is -2.21. The molecule has 0 amide bonds. The van der Waals surface area contributed by atoms with Gasteiger partial charge >= 0.3 is 0 Å². The van der Waals surface area contributed by atoms with Crippen LogP contribution in [0.2, 0.25) is 0 Å². The van der Waals surface area contributed by atoms with Crippen molar-refractivity contribution in [2.45, 2.75) is 19.5 Å². The van der Waals surface area contributed by atoms with Crippen molar-refractivity contribution >= 4 is 5.82 Å². The molecule has 0 N–H and O–H groups in total. The SMILES string of the molecule is Cc1cnc(N2CCC(F)C2)cn1. The van der Waals surface area contributed by atoms with Crippen LogP contribution in [-0.4, -0.2) is 29.2 Å². The van der Waals surface area contributed by atoms with Gasteiger partial charge in [-0.1, -0.05) is 0 Å². The predicted molar refractivity (Wildman–Crippen MR) is 48.5 cm³/mol. The number of nitrogens with zero attached hydrogens (tertiary/aromatic N) is 3. The predicted octanol–water partition coefficient (Wildman–Crippen LogP) is 1.33. The standard InChI is InChI=1S/C9H12FN3/c1-7-4-12-9(5-11-7)13-3-2-8(10)6-13/h4-5,8H,2-3,6H2,1H3. The number of anilines is 1. The highest BCUT2D eigenvalue weighted by Crippen LogP contribution is 2.18. The first-order valence-electron chi connectivity index (χ1n) is 4.43. The summed E-state index contributed by atoms with van der Waals surface area (Å²) in [7, 11) is 0. The molecule has 1 aliphatic heterocycles. The lowest BCUT2D eigenvalue weighted by Gasteiger charge is -2.15. The minimum Gasteiger partial charge on any atom is -0.352 e. The van der Waals surface area contributed by atoms with Gasteiger partial charge in [0.25, 0.3) is 0 Å². The van der Waals surface area contributed by atoms with Crippen LogP contribution in [0.25, 0.3) is 0 Å². The first kappa shape index (κ1) is 8.41. The zero-order valence-electron chi connectivity index (χ0n) is 7.57. The topological polar surface area (TPSA) is 29.0 Å². The fraction of sp³-hybridized carbons (Fsp3) is 0.556. The molecule has 0 radical (unpaired) electrons. The maximum Gasteiger partial charge on any atom is 0.147 e. The molecule has 1 aliphatic rings. The summed E-state index contributed by atoms with van der Waals surface area (Å²) in [6.45, 7) is 3.09. The van der Waals surface area contributed by atoms with E-state index in [2.05, 4.69) is 9.97 Å². The Morgan fingerprint density at radius 2 is 2.31 bits per heavy atom. The lowest BCUT2D eigenvalue weighted by atomic mass is 10.3. The molecule has 1 aromatic heterocycles. The van der Waals surface area contributed by atoms with Gasteiger partial charge in [-0.15, -0.1) is 0 Å². The molecule has 13 heavy (non-hydrogen) atoms. The number of alkyl halides is 1. The monoisotopic (exact) mass is 181 g/mol. The van der Waals surface area contributed by atoms with E-state index in [9.17, 15) is 4.39 Å². The second-order valence-electron chi connectivity index (χ2n) is 3.35. The molecule has 1 saturated heterocycles. The van der Waals surface area contributed by atoms with Crippen LogP contribution in [0.4, 0.5) is 10.2 Å². The Hall–Kier alpha value is -1.19. The molecule has 0 aromatic carbocycles. The summed E-state index contributed by atoms with van der Waals surface area (Å²) in [6.07, 6.45) is 3.31. The van der Waals surface area contributed by atoms with E-state index in [4.69, 9.17) is 0 Å². The second-order valence-corrected chi connectivity index (χ2v) is 3.35. The van der Waals surface area contributed by atoms with Crippen molar-refractivity contribution in [1.82, 2.24) is 9.97 Å². The molecule has 3 nitrogen and oxygen atoms in total. The largest absolute Gasteiger partial charge is 0.352 e. The summed E-state index contributed by atoms with van der Waals surface area (Å²) in [5, 5.41) is 0. The second kappa shape index (κ2) is 3.28. The average molecular weight is 181 g/mol. The molecule has 1 aromatic rings. The van der Waals surface area contributed by atoms with E-state index in [1.165, 1.54) is 0 Å². The van der Waals surface area contributed by atoms with Crippen LogP contribution in [0.5, 0.6) is 0 Å². The van der Waals surface area contributed by atoms with E-state index >= 15 is 0 Å². The third-order valence-corrected chi connectivity index (χ3v) is 2.22. The number of rotatable bonds is 1. The van der Waals surface area contributed by atoms with Crippen LogP contribution in [0.15, 0.2) is 12.4 Å². The lowest BCUT2D eigenvalue weighted by molar-refractivity contribution is 0.364. The van der Waals surface area contributed by atoms with Crippen molar-refractivity contribution in [3.63, 3.8) is 0 Å². The van der Waals surface area contributed by atoms with Crippen molar-refractivity contribution < 1.29 is 4.39 Å². The molecule has 2 heterocycles. The molecular weight excluding hydrogens is 169 g/mol. The number of aryl methyl sites for hydroxylation is 1. The number of halogens is 1. The van der Waals surface area contributed by atoms with E-state index in [0.717, 1.165) is 18.1 Å². The molecular formula is C9H12FN3. The molecule has 0 aliphatic carbocycles. The van der Waals surface area contributed by atoms with E-state index in [1.54, 1.807) is 12.4 Å². The molecule has 70 valence electrons. The number of aromatic nitrogens is 2. The summed E-state index contributed by atoms with van der Waals surface area (Å²) in [6, 6.07) is 0. The van der Waals surface area contributed by atoms with Crippen molar-refractivity contribution in [1.29, 1.82) is 0 Å². The Morgan fingerprint density at radius 3 is 2.85 bits per heavy atom. The Kier molecular flexibility index (Phi) is 2.12. The van der Waals surface area contributed by atoms with Crippen LogP contribution in [0.3, 0.4) is 0 Å². The van der Waals surface area contributed by atoms with E-state index < -0.39 is 6.17 Å². The van der Waals surface area contributed by atoms with Gasteiger partial charge in [0, 0.05) is 6.54 Å². The maximum atomic E-state index is 12.8. The van der Waals surface area contributed by atoms with Gasteiger partial charge in [-0.2, -0.15) is 0 Å². The van der Waals surface area contributed by atoms with Gasteiger partial charge in [0.05, 0.1) is 24.6 Å². The van der Waals surface area contributed by atoms with Gasteiger partial charge in [0.1, 0.15) is 12.0 Å². The fourth-order valence-electron chi connectivity index (χ4n) is 1.47. The van der Waals surface area contributed by atoms with E-state index in [-0.39, 0.29) is 0 Å². The van der Waals surface area contributed by atoms with Crippen molar-refractivity contribution in [3.8, 4) is 0 Å². The first-order valence-corrected chi connectivity index (χ1v) is 4.43. The Morgan fingerprint density at radius 1 is 1.46 bits per heavy atom. The highest BCUT2D eigenvalue weighted by molar-refractivity contribution is 5.37. The molecule has 1 atom stereocenters. The van der Waals surface area contributed by atoms with Crippen LogP contribution in [0.1, 0.15) is 12.1 Å². The first-order chi connectivity index (χ1) is 6.25. The van der Waals surface area contributed by atoms with Crippen molar-refractivity contribution in [2.75, 3.05) is 18.0 Å². The Balaban J connectivity index is 2.13. The van der Waals surface area contributed by atoms with E-state index in [1.807, 2.05) is 11.8 Å². The Labute approximate surface area is 76.6 Å². The minimum absolute atomic E-state index is 0.456. The third kappa shape index (κ3) is 1.76. The number of hydrogen-bond donors (Lipinski definition) is 0. The van der Waals surface area contributed by atoms with Crippen molar-refractivity contribution in [2.24, 2.45) is 0 Å². The van der Waals surface area contributed by atoms with Gasteiger partial charge in [-0.25, -0.2) is 9.37 Å². The van der Waals surface area contributed by atoms with E-state index in [0.29, 0.717) is 13.0 Å². The normalized spacial score (nSPS) is 22.3. The summed E-state index contributed by atoms with van der Waals surface area (Å²) >= 11 is 0. The summed E-state index contributed by atoms with van der Waals surface area (Å²) in [4.78, 5) is 10.2. The molecule has 0 bridgehead atoms. The van der Waals surface area contributed by atoms with Gasteiger partial charge in [0.15, 0.2) is 0 Å². The number of hydrogen-bond acceptors (Lipinski definition) is 3. The summed E-state index contributed by atoms with van der Waals surface area (Å²) < 4.78 is 12.8. The maximum absolute atomic E-state index is 12.8. The Bertz CT molecular complexity index is 285. The highest BCUT2D eigenvalue weighted by Gasteiger charge is 2.22. The van der Waals surface area contributed by atoms with Gasteiger partial charge in [0.2, 0.25) is 0 Å². The van der Waals surface area contributed by atoms with Crippen LogP contribution >= 0.6 is 0 Å². The highest BCUT2D eigenvalue weighted by atomic mass is 19.1. The van der Waals surface area contributed by atoms with Crippen LogP contribution in [0, 0.1) is 6.92 Å². The van der Waals surface area contributed by atoms with Crippen LogP contribution < -0.4 is 4.90 Å². The molecule has 1 fully saturated rings. The quantitative estimate of drug-likeness (QED) is 0.654. The third-order valence-electron chi connectivity index (χ3n) is 2.22. The molecule has 4 heteroatoms. The van der Waals surface area contributed by atoms with Gasteiger partial charge < -0.3 is 4.90 Å². The summed E-state index contributed by atoms with van der Waals surface area (Å²) in [5.74, 6) is 0.783. The molecule has 0 spiro atoms. The van der Waals surface area contributed by atoms with Crippen molar-refractivity contribution in [3.05, 3.63) is 18.1 Å². The van der Waals surface area contributed by atoms with Gasteiger partial charge in [-0.05, 0) is 13.3 Å². The van der Waals surface area contributed by atoms with Crippen LogP contribution in [-0.2, 0) is 0 Å². The average Bonchev–Trinajstić information content (AvgIpc) is 2.53. The molecule has 0 saturated carbocycles.